The Hall–Kier alpha value is -1.83. The van der Waals surface area contributed by atoms with Gasteiger partial charge in [0, 0.05) is 5.56 Å². The first-order valence-corrected chi connectivity index (χ1v) is 9.76. The predicted octanol–water partition coefficient (Wildman–Crippen LogP) is 7.05. The molecule has 0 saturated heterocycles. The van der Waals surface area contributed by atoms with Crippen LogP contribution in [0.25, 0.3) is 11.1 Å². The van der Waals surface area contributed by atoms with Gasteiger partial charge in [0.1, 0.15) is 11.6 Å². The number of phenolic OH excluding ortho intramolecular Hbond substituents is 1. The van der Waals surface area contributed by atoms with E-state index < -0.39 is 0 Å². The first-order chi connectivity index (χ1) is 12.2. The van der Waals surface area contributed by atoms with Crippen LogP contribution in [0, 0.1) is 11.7 Å². The average Bonchev–Trinajstić information content (AvgIpc) is 2.63. The number of rotatable bonds is 6. The van der Waals surface area contributed by atoms with E-state index in [1.807, 2.05) is 6.07 Å². The van der Waals surface area contributed by atoms with E-state index in [2.05, 4.69) is 13.0 Å². The highest BCUT2D eigenvalue weighted by atomic mass is 19.1. The summed E-state index contributed by atoms with van der Waals surface area (Å²) in [5, 5.41) is 9.38. The quantitative estimate of drug-likeness (QED) is 0.558. The molecule has 1 nitrogen and oxygen atoms in total. The van der Waals surface area contributed by atoms with Crippen LogP contribution in [0.3, 0.4) is 0 Å². The smallest absolute Gasteiger partial charge is 0.131 e. The number of phenols is 1. The lowest BCUT2D eigenvalue weighted by Crippen LogP contribution is -2.13. The topological polar surface area (TPSA) is 20.2 Å². The van der Waals surface area contributed by atoms with Gasteiger partial charge in [-0.3, -0.25) is 0 Å². The van der Waals surface area contributed by atoms with Gasteiger partial charge in [0.25, 0.3) is 0 Å². The van der Waals surface area contributed by atoms with Gasteiger partial charge in [0.15, 0.2) is 0 Å². The molecule has 0 unspecified atom stereocenters. The summed E-state index contributed by atoms with van der Waals surface area (Å²) in [6.45, 7) is 2.26. The standard InChI is InChI=1S/C23H29FO/c1-2-3-4-5-17-6-8-18(9-7-17)20-12-15-22(23(24)16-20)19-10-13-21(25)14-11-19/h10-18,25H,2-9H2,1H3. The molecule has 0 heterocycles. The van der Waals surface area contributed by atoms with Crippen LogP contribution in [0.2, 0.25) is 0 Å². The molecule has 0 aromatic heterocycles. The molecule has 2 aromatic rings. The number of aromatic hydroxyl groups is 1. The van der Waals surface area contributed by atoms with Crippen LogP contribution in [-0.2, 0) is 0 Å². The fourth-order valence-electron chi connectivity index (χ4n) is 4.13. The maximum absolute atomic E-state index is 14.6. The van der Waals surface area contributed by atoms with E-state index in [1.54, 1.807) is 30.3 Å². The molecule has 1 saturated carbocycles. The maximum Gasteiger partial charge on any atom is 0.131 e. The molecule has 0 spiro atoms. The minimum absolute atomic E-state index is 0.159. The summed E-state index contributed by atoms with van der Waals surface area (Å²) in [6, 6.07) is 12.4. The lowest BCUT2D eigenvalue weighted by Gasteiger charge is -2.29. The van der Waals surface area contributed by atoms with Gasteiger partial charge in [-0.05, 0) is 66.8 Å². The van der Waals surface area contributed by atoms with E-state index in [4.69, 9.17) is 0 Å². The predicted molar refractivity (Wildman–Crippen MR) is 102 cm³/mol. The first kappa shape index (κ1) is 18.0. The van der Waals surface area contributed by atoms with Crippen molar-refractivity contribution in [1.82, 2.24) is 0 Å². The highest BCUT2D eigenvalue weighted by Crippen LogP contribution is 2.39. The zero-order valence-corrected chi connectivity index (χ0v) is 15.2. The van der Waals surface area contributed by atoms with Crippen molar-refractivity contribution in [3.63, 3.8) is 0 Å². The van der Waals surface area contributed by atoms with Crippen molar-refractivity contribution < 1.29 is 9.50 Å². The van der Waals surface area contributed by atoms with Crippen LogP contribution in [0.1, 0.15) is 69.8 Å². The van der Waals surface area contributed by atoms with Crippen LogP contribution in [0.5, 0.6) is 5.75 Å². The Kier molecular flexibility index (Phi) is 6.12. The van der Waals surface area contributed by atoms with E-state index in [0.717, 1.165) is 17.0 Å². The van der Waals surface area contributed by atoms with Crippen LogP contribution in [0.15, 0.2) is 42.5 Å². The summed E-state index contributed by atoms with van der Waals surface area (Å²) in [6.07, 6.45) is 10.3. The maximum atomic E-state index is 14.6. The Morgan fingerprint density at radius 1 is 0.960 bits per heavy atom. The Labute approximate surface area is 150 Å². The van der Waals surface area contributed by atoms with Crippen molar-refractivity contribution >= 4 is 0 Å². The van der Waals surface area contributed by atoms with E-state index in [0.29, 0.717) is 11.5 Å². The molecule has 1 aliphatic rings. The first-order valence-electron chi connectivity index (χ1n) is 9.76. The van der Waals surface area contributed by atoms with Gasteiger partial charge in [-0.1, -0.05) is 56.9 Å². The Bertz CT molecular complexity index is 669. The van der Waals surface area contributed by atoms with Crippen molar-refractivity contribution in [2.75, 3.05) is 0 Å². The summed E-state index contributed by atoms with van der Waals surface area (Å²) in [4.78, 5) is 0. The molecule has 2 heteroatoms. The molecule has 0 amide bonds. The third-order valence-corrected chi connectivity index (χ3v) is 5.71. The number of benzene rings is 2. The average molecular weight is 340 g/mol. The lowest BCUT2D eigenvalue weighted by atomic mass is 9.77. The zero-order chi connectivity index (χ0) is 17.6. The Balaban J connectivity index is 1.63. The van der Waals surface area contributed by atoms with Crippen molar-refractivity contribution in [3.8, 4) is 16.9 Å². The molecule has 1 fully saturated rings. The van der Waals surface area contributed by atoms with Gasteiger partial charge in [-0.15, -0.1) is 0 Å². The van der Waals surface area contributed by atoms with Gasteiger partial charge in [-0.25, -0.2) is 4.39 Å². The molecular weight excluding hydrogens is 311 g/mol. The van der Waals surface area contributed by atoms with Crippen LogP contribution in [-0.4, -0.2) is 5.11 Å². The minimum Gasteiger partial charge on any atom is -0.508 e. The van der Waals surface area contributed by atoms with Crippen molar-refractivity contribution in [3.05, 3.63) is 53.8 Å². The van der Waals surface area contributed by atoms with Gasteiger partial charge < -0.3 is 5.11 Å². The zero-order valence-electron chi connectivity index (χ0n) is 15.2. The SMILES string of the molecule is CCCCCC1CCC(c2ccc(-c3ccc(O)cc3)c(F)c2)CC1. The van der Waals surface area contributed by atoms with Gasteiger partial charge in [-0.2, -0.15) is 0 Å². The molecule has 1 aliphatic carbocycles. The summed E-state index contributed by atoms with van der Waals surface area (Å²) in [5.74, 6) is 1.43. The molecule has 1 N–H and O–H groups in total. The highest BCUT2D eigenvalue weighted by Gasteiger charge is 2.22. The number of hydrogen-bond donors (Lipinski definition) is 1. The number of unbranched alkanes of at least 4 members (excludes halogenated alkanes) is 2. The minimum atomic E-state index is -0.159. The lowest BCUT2D eigenvalue weighted by molar-refractivity contribution is 0.302. The number of halogens is 1. The largest absolute Gasteiger partial charge is 0.508 e. The van der Waals surface area contributed by atoms with Gasteiger partial charge in [0.2, 0.25) is 0 Å². The van der Waals surface area contributed by atoms with Gasteiger partial charge >= 0.3 is 0 Å². The third kappa shape index (κ3) is 4.62. The molecule has 0 radical (unpaired) electrons. The molecule has 0 aliphatic heterocycles. The van der Waals surface area contributed by atoms with E-state index in [1.165, 1.54) is 51.4 Å². The monoisotopic (exact) mass is 340 g/mol. The van der Waals surface area contributed by atoms with Crippen molar-refractivity contribution in [1.29, 1.82) is 0 Å². The Morgan fingerprint density at radius 2 is 1.68 bits per heavy atom. The van der Waals surface area contributed by atoms with Crippen LogP contribution in [0.4, 0.5) is 4.39 Å². The second-order valence-electron chi connectivity index (χ2n) is 7.50. The molecule has 0 atom stereocenters. The second-order valence-corrected chi connectivity index (χ2v) is 7.50. The molecule has 2 aromatic carbocycles. The summed E-state index contributed by atoms with van der Waals surface area (Å²) in [7, 11) is 0. The fourth-order valence-corrected chi connectivity index (χ4v) is 4.13. The van der Waals surface area contributed by atoms with Crippen LogP contribution < -0.4 is 0 Å². The number of hydrogen-bond acceptors (Lipinski definition) is 1. The van der Waals surface area contributed by atoms with E-state index in [-0.39, 0.29) is 11.6 Å². The molecular formula is C23H29FO. The normalized spacial score (nSPS) is 20.6. The van der Waals surface area contributed by atoms with Crippen LogP contribution >= 0.6 is 0 Å². The second kappa shape index (κ2) is 8.51. The highest BCUT2D eigenvalue weighted by molar-refractivity contribution is 5.65. The molecule has 134 valence electrons. The van der Waals surface area contributed by atoms with E-state index >= 15 is 0 Å². The summed E-state index contributed by atoms with van der Waals surface area (Å²) >= 11 is 0. The molecule has 25 heavy (non-hydrogen) atoms. The Morgan fingerprint density at radius 3 is 2.32 bits per heavy atom. The van der Waals surface area contributed by atoms with Crippen molar-refractivity contribution in [2.24, 2.45) is 5.92 Å². The molecule has 3 rings (SSSR count). The van der Waals surface area contributed by atoms with E-state index in [9.17, 15) is 9.50 Å². The summed E-state index contributed by atoms with van der Waals surface area (Å²) < 4.78 is 14.6. The third-order valence-electron chi connectivity index (χ3n) is 5.71. The fraction of sp³-hybridized carbons (Fsp3) is 0.478. The van der Waals surface area contributed by atoms with Crippen molar-refractivity contribution in [2.45, 2.75) is 64.2 Å². The van der Waals surface area contributed by atoms with Gasteiger partial charge in [0.05, 0.1) is 0 Å². The molecule has 0 bridgehead atoms. The summed E-state index contributed by atoms with van der Waals surface area (Å²) in [5.41, 5.74) is 2.56.